The van der Waals surface area contributed by atoms with Gasteiger partial charge in [0.2, 0.25) is 5.91 Å². The summed E-state index contributed by atoms with van der Waals surface area (Å²) in [6.07, 6.45) is 0.480. The summed E-state index contributed by atoms with van der Waals surface area (Å²) in [6.45, 7) is 2.30. The molecule has 0 N–H and O–H groups in total. The standard InChI is InChI=1S/C17H21FN4O3S2/c1-3-22(12-8-9-27(24,25)11-12)15(23)10-26-17-20-19-16(21(17)2)13-6-4-5-7-14(13)18/h4-7,12H,3,8-11H2,1-2H3/t12-/m0/s1. The second-order valence-corrected chi connectivity index (χ2v) is 9.54. The smallest absolute Gasteiger partial charge is 0.233 e. The van der Waals surface area contributed by atoms with E-state index in [-0.39, 0.29) is 35.0 Å². The second-order valence-electron chi connectivity index (χ2n) is 6.37. The van der Waals surface area contributed by atoms with Crippen LogP contribution in [0.5, 0.6) is 0 Å². The van der Waals surface area contributed by atoms with Gasteiger partial charge in [0, 0.05) is 19.6 Å². The Bertz CT molecular complexity index is 945. The van der Waals surface area contributed by atoms with Crippen molar-refractivity contribution in [2.45, 2.75) is 24.5 Å². The lowest BCUT2D eigenvalue weighted by Gasteiger charge is -2.26. The third-order valence-electron chi connectivity index (χ3n) is 4.58. The normalized spacial score (nSPS) is 18.6. The molecule has 0 bridgehead atoms. The van der Waals surface area contributed by atoms with Crippen LogP contribution in [0.4, 0.5) is 4.39 Å². The largest absolute Gasteiger partial charge is 0.338 e. The zero-order valence-corrected chi connectivity index (χ0v) is 16.8. The molecule has 1 aromatic heterocycles. The lowest BCUT2D eigenvalue weighted by Crippen LogP contribution is -2.42. The van der Waals surface area contributed by atoms with E-state index in [0.29, 0.717) is 29.5 Å². The molecule has 1 aliphatic rings. The van der Waals surface area contributed by atoms with Crippen molar-refractivity contribution in [1.29, 1.82) is 0 Å². The van der Waals surface area contributed by atoms with Gasteiger partial charge in [-0.1, -0.05) is 23.9 Å². The minimum Gasteiger partial charge on any atom is -0.338 e. The fourth-order valence-electron chi connectivity index (χ4n) is 3.19. The Morgan fingerprint density at radius 1 is 1.37 bits per heavy atom. The van der Waals surface area contributed by atoms with Gasteiger partial charge in [0.15, 0.2) is 20.8 Å². The van der Waals surface area contributed by atoms with Gasteiger partial charge in [-0.15, -0.1) is 10.2 Å². The highest BCUT2D eigenvalue weighted by Gasteiger charge is 2.33. The fraction of sp³-hybridized carbons (Fsp3) is 0.471. The topological polar surface area (TPSA) is 85.2 Å². The molecule has 146 valence electrons. The maximum atomic E-state index is 14.0. The first-order valence-corrected chi connectivity index (χ1v) is 11.4. The summed E-state index contributed by atoms with van der Waals surface area (Å²) in [4.78, 5) is 14.2. The van der Waals surface area contributed by atoms with Gasteiger partial charge >= 0.3 is 0 Å². The van der Waals surface area contributed by atoms with Crippen LogP contribution in [0.3, 0.4) is 0 Å². The van der Waals surface area contributed by atoms with Crippen LogP contribution < -0.4 is 0 Å². The summed E-state index contributed by atoms with van der Waals surface area (Å²) in [5.41, 5.74) is 0.344. The third-order valence-corrected chi connectivity index (χ3v) is 7.34. The quantitative estimate of drug-likeness (QED) is 0.672. The third kappa shape index (κ3) is 4.32. The van der Waals surface area contributed by atoms with Crippen molar-refractivity contribution in [2.75, 3.05) is 23.8 Å². The van der Waals surface area contributed by atoms with Crippen molar-refractivity contribution in [1.82, 2.24) is 19.7 Å². The summed E-state index contributed by atoms with van der Waals surface area (Å²) in [5, 5.41) is 8.58. The Morgan fingerprint density at radius 2 is 2.11 bits per heavy atom. The number of aromatic nitrogens is 3. The van der Waals surface area contributed by atoms with E-state index in [2.05, 4.69) is 10.2 Å². The molecule has 2 aromatic rings. The molecular formula is C17H21FN4O3S2. The van der Waals surface area contributed by atoms with Crippen LogP contribution in [-0.2, 0) is 21.7 Å². The van der Waals surface area contributed by atoms with Crippen molar-refractivity contribution in [3.05, 3.63) is 30.1 Å². The van der Waals surface area contributed by atoms with Gasteiger partial charge < -0.3 is 9.47 Å². The number of hydrogen-bond acceptors (Lipinski definition) is 6. The Morgan fingerprint density at radius 3 is 2.74 bits per heavy atom. The van der Waals surface area contributed by atoms with Crippen LogP contribution in [0.1, 0.15) is 13.3 Å². The molecule has 7 nitrogen and oxygen atoms in total. The molecule has 0 radical (unpaired) electrons. The van der Waals surface area contributed by atoms with Crippen molar-refractivity contribution >= 4 is 27.5 Å². The molecule has 1 atom stereocenters. The van der Waals surface area contributed by atoms with Crippen LogP contribution in [0.15, 0.2) is 29.4 Å². The van der Waals surface area contributed by atoms with Crippen molar-refractivity contribution in [3.8, 4) is 11.4 Å². The number of rotatable bonds is 6. The molecule has 1 aromatic carbocycles. The Balaban J connectivity index is 1.68. The number of nitrogens with zero attached hydrogens (tertiary/aromatic N) is 4. The van der Waals surface area contributed by atoms with E-state index in [1.807, 2.05) is 6.92 Å². The molecule has 1 aliphatic heterocycles. The van der Waals surface area contributed by atoms with Crippen LogP contribution in [0.2, 0.25) is 0 Å². The molecule has 0 unspecified atom stereocenters. The predicted octanol–water partition coefficient (Wildman–Crippen LogP) is 1.75. The van der Waals surface area contributed by atoms with Crippen LogP contribution in [0, 0.1) is 5.82 Å². The Kier molecular flexibility index (Phi) is 5.85. The van der Waals surface area contributed by atoms with Crippen LogP contribution >= 0.6 is 11.8 Å². The maximum Gasteiger partial charge on any atom is 0.233 e. The van der Waals surface area contributed by atoms with E-state index >= 15 is 0 Å². The maximum absolute atomic E-state index is 14.0. The summed E-state index contributed by atoms with van der Waals surface area (Å²) >= 11 is 1.21. The monoisotopic (exact) mass is 412 g/mol. The van der Waals surface area contributed by atoms with E-state index < -0.39 is 9.84 Å². The van der Waals surface area contributed by atoms with E-state index in [4.69, 9.17) is 0 Å². The lowest BCUT2D eigenvalue weighted by atomic mass is 10.2. The molecule has 2 heterocycles. The molecule has 27 heavy (non-hydrogen) atoms. The summed E-state index contributed by atoms with van der Waals surface area (Å²) in [6, 6.07) is 6.04. The van der Waals surface area contributed by atoms with Gasteiger partial charge in [-0.25, -0.2) is 12.8 Å². The minimum absolute atomic E-state index is 0.0264. The molecular weight excluding hydrogens is 391 g/mol. The van der Waals surface area contributed by atoms with E-state index in [0.717, 1.165) is 0 Å². The highest BCUT2D eigenvalue weighted by molar-refractivity contribution is 7.99. The zero-order chi connectivity index (χ0) is 19.6. The van der Waals surface area contributed by atoms with Gasteiger partial charge in [0.1, 0.15) is 5.82 Å². The lowest BCUT2D eigenvalue weighted by molar-refractivity contribution is -0.129. The minimum atomic E-state index is -3.05. The first-order chi connectivity index (χ1) is 12.8. The Hall–Kier alpha value is -1.94. The van der Waals surface area contributed by atoms with Gasteiger partial charge in [0.25, 0.3) is 0 Å². The first kappa shape index (κ1) is 19.8. The number of carbonyl (C=O) groups is 1. The molecule has 1 amide bonds. The van der Waals surface area contributed by atoms with Gasteiger partial charge in [-0.3, -0.25) is 4.79 Å². The van der Waals surface area contributed by atoms with Gasteiger partial charge in [0.05, 0.1) is 22.8 Å². The number of carbonyl (C=O) groups excluding carboxylic acids is 1. The number of benzene rings is 1. The van der Waals surface area contributed by atoms with Gasteiger partial charge in [-0.05, 0) is 25.5 Å². The first-order valence-electron chi connectivity index (χ1n) is 8.59. The molecule has 0 saturated carbocycles. The van der Waals surface area contributed by atoms with Crippen molar-refractivity contribution in [3.63, 3.8) is 0 Å². The van der Waals surface area contributed by atoms with Gasteiger partial charge in [-0.2, -0.15) is 0 Å². The zero-order valence-electron chi connectivity index (χ0n) is 15.1. The molecule has 10 heteroatoms. The molecule has 0 spiro atoms. The fourth-order valence-corrected chi connectivity index (χ4v) is 5.71. The van der Waals surface area contributed by atoms with Crippen molar-refractivity contribution in [2.24, 2.45) is 7.05 Å². The van der Waals surface area contributed by atoms with Crippen LogP contribution in [-0.4, -0.2) is 63.8 Å². The molecule has 1 fully saturated rings. The average Bonchev–Trinajstić information content (AvgIpc) is 3.16. The number of sulfone groups is 1. The molecule has 3 rings (SSSR count). The highest BCUT2D eigenvalue weighted by atomic mass is 32.2. The van der Waals surface area contributed by atoms with E-state index in [9.17, 15) is 17.6 Å². The van der Waals surface area contributed by atoms with Crippen LogP contribution in [0.25, 0.3) is 11.4 Å². The van der Waals surface area contributed by atoms with E-state index in [1.54, 1.807) is 34.7 Å². The number of hydrogen-bond donors (Lipinski definition) is 0. The summed E-state index contributed by atoms with van der Waals surface area (Å²) in [5.74, 6) is 0.133. The van der Waals surface area contributed by atoms with Crippen molar-refractivity contribution < 1.29 is 17.6 Å². The highest BCUT2D eigenvalue weighted by Crippen LogP contribution is 2.25. The predicted molar refractivity (Wildman–Crippen MR) is 102 cm³/mol. The molecule has 0 aliphatic carbocycles. The van der Waals surface area contributed by atoms with E-state index in [1.165, 1.54) is 17.8 Å². The second kappa shape index (κ2) is 7.97. The SMILES string of the molecule is CCN(C(=O)CSc1nnc(-c2ccccc2F)n1C)[C@H]1CCS(=O)(=O)C1. The number of thioether (sulfide) groups is 1. The number of amides is 1. The number of halogens is 1. The summed E-state index contributed by atoms with van der Waals surface area (Å²) in [7, 11) is -1.33. The summed E-state index contributed by atoms with van der Waals surface area (Å²) < 4.78 is 39.0. The molecule has 1 saturated heterocycles. The Labute approximate surface area is 161 Å². The average molecular weight is 413 g/mol.